The normalized spacial score (nSPS) is 27.0. The van der Waals surface area contributed by atoms with Gasteiger partial charge in [0.25, 0.3) is 0 Å². The first-order chi connectivity index (χ1) is 19.4. The first-order valence-electron chi connectivity index (χ1n) is 13.8. The quantitative estimate of drug-likeness (QED) is 0.261. The zero-order valence-electron chi connectivity index (χ0n) is 23.3. The lowest BCUT2D eigenvalue weighted by Crippen LogP contribution is -2.80. The Bertz CT molecular complexity index is 1340. The van der Waals surface area contributed by atoms with Crippen molar-refractivity contribution in [1.82, 2.24) is 10.6 Å². The molecule has 0 saturated carbocycles. The number of carboxylic acids is 1. The van der Waals surface area contributed by atoms with E-state index in [1.54, 1.807) is 20.8 Å². The number of aliphatic carboxylic acids is 1. The van der Waals surface area contributed by atoms with E-state index in [0.29, 0.717) is 0 Å². The van der Waals surface area contributed by atoms with E-state index in [-0.39, 0.29) is 32.0 Å². The maximum absolute atomic E-state index is 14.4. The Balaban J connectivity index is 1.39. The number of hydrogen-bond donors (Lipinski definition) is 3. The number of rotatable bonds is 7. The zero-order valence-corrected chi connectivity index (χ0v) is 23.3. The Morgan fingerprint density at radius 2 is 1.71 bits per heavy atom. The van der Waals surface area contributed by atoms with Gasteiger partial charge in [0.15, 0.2) is 0 Å². The smallest absolute Gasteiger partial charge is 0.408 e. The van der Waals surface area contributed by atoms with Gasteiger partial charge in [-0.25, -0.2) is 4.79 Å². The second-order valence-electron chi connectivity index (χ2n) is 11.9. The summed E-state index contributed by atoms with van der Waals surface area (Å²) in [7, 11) is 0. The minimum Gasteiger partial charge on any atom is -0.632 e. The van der Waals surface area contributed by atoms with Gasteiger partial charge >= 0.3 is 18.0 Å². The van der Waals surface area contributed by atoms with E-state index >= 15 is 0 Å². The number of nitrogens with zero attached hydrogens (tertiary/aromatic N) is 1. The molecule has 3 aliphatic rings. The van der Waals surface area contributed by atoms with Crippen LogP contribution < -0.4 is 10.6 Å². The summed E-state index contributed by atoms with van der Waals surface area (Å²) in [5.74, 6) is -2.81. The first-order valence-corrected chi connectivity index (χ1v) is 13.8. The van der Waals surface area contributed by atoms with Crippen molar-refractivity contribution in [2.24, 2.45) is 0 Å². The molecule has 3 N–H and O–H groups in total. The molecule has 218 valence electrons. The fraction of sp³-hybridized carbons (Fsp3) is 0.467. The molecule has 2 heterocycles. The molecule has 11 nitrogen and oxygen atoms in total. The number of hydroxylamine groups is 3. The van der Waals surface area contributed by atoms with Gasteiger partial charge in [0.05, 0.1) is 19.4 Å². The Labute approximate surface area is 238 Å². The van der Waals surface area contributed by atoms with E-state index in [9.17, 15) is 29.5 Å². The van der Waals surface area contributed by atoms with Crippen LogP contribution in [0.15, 0.2) is 48.5 Å². The number of carbonyl (C=O) groups is 4. The highest BCUT2D eigenvalue weighted by Crippen LogP contribution is 2.47. The third-order valence-electron chi connectivity index (χ3n) is 8.29. The number of hydrogen-bond acceptors (Lipinski definition) is 8. The molecule has 0 bridgehead atoms. The third kappa shape index (κ3) is 5.09. The summed E-state index contributed by atoms with van der Waals surface area (Å²) in [4.78, 5) is 51.4. The Kier molecular flexibility index (Phi) is 7.39. The van der Waals surface area contributed by atoms with Crippen LogP contribution in [0.5, 0.6) is 0 Å². The molecule has 1 amide bonds. The molecular formula is C30H35N3O8. The van der Waals surface area contributed by atoms with Gasteiger partial charge in [0.1, 0.15) is 30.8 Å². The number of Topliss-reactive ketones (excluding diaryl/α,β-unsaturated/α-hetero) is 1. The molecule has 2 aromatic carbocycles. The maximum atomic E-state index is 14.4. The van der Waals surface area contributed by atoms with Gasteiger partial charge in [-0.3, -0.25) is 25.0 Å². The minimum atomic E-state index is -2.01. The monoisotopic (exact) mass is 565 g/mol. The summed E-state index contributed by atoms with van der Waals surface area (Å²) in [6.07, 6.45) is -3.63. The van der Waals surface area contributed by atoms with E-state index in [1.165, 1.54) is 0 Å². The summed E-state index contributed by atoms with van der Waals surface area (Å²) in [6, 6.07) is 14.7. The molecule has 2 saturated heterocycles. The van der Waals surface area contributed by atoms with Crippen molar-refractivity contribution in [3.05, 3.63) is 64.9 Å². The lowest BCUT2D eigenvalue weighted by molar-refractivity contribution is -0.940. The highest BCUT2D eigenvalue weighted by molar-refractivity contribution is 5.95. The third-order valence-corrected chi connectivity index (χ3v) is 8.29. The van der Waals surface area contributed by atoms with Gasteiger partial charge in [0.2, 0.25) is 11.3 Å². The summed E-state index contributed by atoms with van der Waals surface area (Å²) < 4.78 is 9.88. The van der Waals surface area contributed by atoms with Crippen LogP contribution in [0.2, 0.25) is 0 Å². The molecular weight excluding hydrogens is 530 g/mol. The number of piperazine rings is 1. The molecule has 0 aromatic heterocycles. The average molecular weight is 566 g/mol. The number of carbonyl (C=O) groups excluding carboxylic acids is 3. The highest BCUT2D eigenvalue weighted by Gasteiger charge is 2.68. The molecule has 41 heavy (non-hydrogen) atoms. The number of benzene rings is 2. The lowest BCUT2D eigenvalue weighted by atomic mass is 9.84. The number of ketones is 1. The first kappa shape index (κ1) is 28.7. The van der Waals surface area contributed by atoms with Crippen LogP contribution >= 0.6 is 0 Å². The van der Waals surface area contributed by atoms with Gasteiger partial charge in [-0.15, -0.1) is 0 Å². The van der Waals surface area contributed by atoms with Crippen molar-refractivity contribution >= 4 is 23.8 Å². The number of alkyl carbamates (subject to hydrolysis) is 1. The zero-order chi connectivity index (χ0) is 29.6. The van der Waals surface area contributed by atoms with E-state index < -0.39 is 64.7 Å². The van der Waals surface area contributed by atoms with Crippen LogP contribution in [-0.4, -0.2) is 76.6 Å². The molecule has 2 aliphatic heterocycles. The molecule has 0 spiro atoms. The van der Waals surface area contributed by atoms with E-state index in [2.05, 4.69) is 10.6 Å². The van der Waals surface area contributed by atoms with Crippen molar-refractivity contribution in [2.45, 2.75) is 69.3 Å². The largest absolute Gasteiger partial charge is 0.632 e. The molecule has 1 aliphatic carbocycles. The second-order valence-corrected chi connectivity index (χ2v) is 11.9. The summed E-state index contributed by atoms with van der Waals surface area (Å²) >= 11 is 0. The van der Waals surface area contributed by atoms with E-state index in [0.717, 1.165) is 22.3 Å². The predicted octanol–water partition coefficient (Wildman–Crippen LogP) is 3.06. The molecule has 0 radical (unpaired) electrons. The van der Waals surface area contributed by atoms with Crippen molar-refractivity contribution < 1.29 is 38.4 Å². The SMILES string of the molecule is CC(C)(C)OC(=O)C[C@@]12C(=O)C[C@@H](CC(=O)O)[N+]1([O-])CCNC2NC(=O)OCC1c2ccccc2-c2ccccc21. The van der Waals surface area contributed by atoms with Gasteiger partial charge in [-0.2, -0.15) is 0 Å². The van der Waals surface area contributed by atoms with Gasteiger partial charge in [-0.05, 0) is 43.0 Å². The van der Waals surface area contributed by atoms with Crippen LogP contribution in [0.1, 0.15) is 57.1 Å². The maximum Gasteiger partial charge on any atom is 0.408 e. The Morgan fingerprint density at radius 3 is 2.29 bits per heavy atom. The number of esters is 1. The van der Waals surface area contributed by atoms with E-state index in [1.807, 2.05) is 48.5 Å². The van der Waals surface area contributed by atoms with Crippen LogP contribution in [0.25, 0.3) is 11.1 Å². The lowest BCUT2D eigenvalue weighted by Gasteiger charge is -2.59. The molecule has 4 atom stereocenters. The number of nitrogens with one attached hydrogen (secondary N) is 2. The Morgan fingerprint density at radius 1 is 1.10 bits per heavy atom. The molecule has 2 unspecified atom stereocenters. The topological polar surface area (TPSA) is 154 Å². The van der Waals surface area contributed by atoms with Crippen LogP contribution in [0, 0.1) is 5.21 Å². The van der Waals surface area contributed by atoms with E-state index in [4.69, 9.17) is 9.47 Å². The van der Waals surface area contributed by atoms with Crippen LogP contribution in [0.3, 0.4) is 0 Å². The molecule has 5 rings (SSSR count). The number of ether oxygens (including phenoxy) is 2. The number of carboxylic acid groups (broad SMARTS) is 1. The van der Waals surface area contributed by atoms with Gasteiger partial charge in [-0.1, -0.05) is 48.5 Å². The number of quaternary nitrogens is 1. The fourth-order valence-electron chi connectivity index (χ4n) is 6.66. The predicted molar refractivity (Wildman–Crippen MR) is 147 cm³/mol. The molecule has 2 aromatic rings. The van der Waals surface area contributed by atoms with Crippen LogP contribution in [-0.2, 0) is 23.9 Å². The van der Waals surface area contributed by atoms with Crippen molar-refractivity contribution in [2.75, 3.05) is 19.7 Å². The summed E-state index contributed by atoms with van der Waals surface area (Å²) in [5.41, 5.74) is 1.29. The van der Waals surface area contributed by atoms with Gasteiger partial charge < -0.3 is 24.4 Å². The van der Waals surface area contributed by atoms with Crippen molar-refractivity contribution in [1.29, 1.82) is 0 Å². The number of fused-ring (bicyclic) bond motifs is 4. The highest BCUT2D eigenvalue weighted by atomic mass is 16.6. The summed E-state index contributed by atoms with van der Waals surface area (Å²) in [6.45, 7) is 4.95. The van der Waals surface area contributed by atoms with Crippen molar-refractivity contribution in [3.8, 4) is 11.1 Å². The Hall–Kier alpha value is -3.80. The molecule has 2 fully saturated rings. The van der Waals surface area contributed by atoms with Crippen molar-refractivity contribution in [3.63, 3.8) is 0 Å². The standard InChI is InChI=1S/C30H35N3O8/c1-29(2,3)41-26(37)16-30-24(34)14-18(15-25(35)36)33(30,39)13-12-31-27(30)32-28(38)40-17-23-21-10-6-4-8-19(21)20-9-5-7-11-22(20)23/h4-11,18,23,27,31H,12-17H2,1-3H3,(H,32,38)(H,35,36)/t18-,27?,30-,33?/m0/s1. The van der Waals surface area contributed by atoms with Gasteiger partial charge in [0, 0.05) is 12.5 Å². The number of amides is 1. The summed E-state index contributed by atoms with van der Waals surface area (Å²) in [5, 5.41) is 29.5. The average Bonchev–Trinajstić information content (AvgIpc) is 3.31. The fourth-order valence-corrected chi connectivity index (χ4v) is 6.66. The molecule has 11 heteroatoms. The van der Waals surface area contributed by atoms with Crippen LogP contribution in [0.4, 0.5) is 4.79 Å². The minimum absolute atomic E-state index is 0.0125. The second kappa shape index (κ2) is 10.6.